The van der Waals surface area contributed by atoms with Crippen LogP contribution in [-0.2, 0) is 41.7 Å². The predicted molar refractivity (Wildman–Crippen MR) is 148 cm³/mol. The molecule has 0 unspecified atom stereocenters. The number of rotatable bonds is 10. The molecule has 0 bridgehead atoms. The van der Waals surface area contributed by atoms with Gasteiger partial charge in [-0.05, 0) is 16.7 Å². The standard InChI is InChI=1S/C31H40N2O8/c1-21-26(19-33-14-12-31(13-15-33)38-16-17-39-31)40-30(41-29(21)24-6-4-23(20-34)5-7-24)25-8-2-22(3-9-25)18-32-27(35)10-11-28(36)37/h2-9,21,26,29-30,34H,10-20H2,1H3,(H,32,35)(H,36,37)/t21-,26+,29+,30+/m1/s1. The van der Waals surface area contributed by atoms with Crippen LogP contribution in [0.5, 0.6) is 0 Å². The van der Waals surface area contributed by atoms with E-state index in [2.05, 4.69) is 17.1 Å². The van der Waals surface area contributed by atoms with Crippen LogP contribution in [0.25, 0.3) is 0 Å². The molecule has 222 valence electrons. The van der Waals surface area contributed by atoms with E-state index >= 15 is 0 Å². The van der Waals surface area contributed by atoms with Gasteiger partial charge in [-0.3, -0.25) is 9.59 Å². The first-order valence-corrected chi connectivity index (χ1v) is 14.4. The number of carboxylic acids is 1. The van der Waals surface area contributed by atoms with Crippen LogP contribution >= 0.6 is 0 Å². The number of amides is 1. The number of aliphatic hydroxyl groups is 1. The molecular weight excluding hydrogens is 528 g/mol. The average molecular weight is 569 g/mol. The number of hydrogen-bond donors (Lipinski definition) is 3. The molecule has 3 aliphatic rings. The Hall–Kier alpha value is -2.86. The van der Waals surface area contributed by atoms with Gasteiger partial charge >= 0.3 is 5.97 Å². The van der Waals surface area contributed by atoms with Gasteiger partial charge in [-0.1, -0.05) is 55.5 Å². The zero-order chi connectivity index (χ0) is 28.8. The highest BCUT2D eigenvalue weighted by Crippen LogP contribution is 2.42. The lowest BCUT2D eigenvalue weighted by molar-refractivity contribution is -0.278. The quantitative estimate of drug-likeness (QED) is 0.396. The maximum absolute atomic E-state index is 11.9. The fourth-order valence-corrected chi connectivity index (χ4v) is 5.75. The van der Waals surface area contributed by atoms with Crippen molar-refractivity contribution in [3.63, 3.8) is 0 Å². The molecule has 3 N–H and O–H groups in total. The maximum Gasteiger partial charge on any atom is 0.303 e. The molecule has 0 saturated carbocycles. The molecule has 10 nitrogen and oxygen atoms in total. The molecule has 1 spiro atoms. The van der Waals surface area contributed by atoms with E-state index in [0.29, 0.717) is 19.8 Å². The minimum absolute atomic E-state index is 0.00798. The van der Waals surface area contributed by atoms with Crippen LogP contribution in [0.2, 0.25) is 0 Å². The molecule has 5 rings (SSSR count). The van der Waals surface area contributed by atoms with Gasteiger partial charge in [0.15, 0.2) is 12.1 Å². The van der Waals surface area contributed by atoms with Crippen LogP contribution in [0, 0.1) is 5.92 Å². The van der Waals surface area contributed by atoms with Crippen LogP contribution in [-0.4, -0.2) is 71.7 Å². The van der Waals surface area contributed by atoms with Gasteiger partial charge in [0.2, 0.25) is 5.91 Å². The number of carbonyl (C=O) groups is 2. The second-order valence-corrected chi connectivity index (χ2v) is 11.1. The highest BCUT2D eigenvalue weighted by Gasteiger charge is 2.43. The van der Waals surface area contributed by atoms with E-state index in [-0.39, 0.29) is 43.5 Å². The summed E-state index contributed by atoms with van der Waals surface area (Å²) in [5.41, 5.74) is 3.67. The van der Waals surface area contributed by atoms with Crippen LogP contribution in [0.3, 0.4) is 0 Å². The molecule has 1 amide bonds. The lowest BCUT2D eigenvalue weighted by Gasteiger charge is -2.44. The Labute approximate surface area is 240 Å². The third kappa shape index (κ3) is 7.51. The van der Waals surface area contributed by atoms with Crippen LogP contribution in [0.1, 0.15) is 67.3 Å². The normalized spacial score (nSPS) is 26.2. The SMILES string of the molecule is C[C@@H]1[C@H](CN2CCC3(CC2)OCCO3)O[C@H](c2ccc(CNC(=O)CCC(=O)O)cc2)O[C@@H]1c1ccc(CO)cc1. The first kappa shape index (κ1) is 29.6. The molecule has 2 aromatic rings. The van der Waals surface area contributed by atoms with E-state index in [1.54, 1.807) is 0 Å². The van der Waals surface area contributed by atoms with Crippen molar-refractivity contribution in [1.82, 2.24) is 10.2 Å². The Kier molecular flexibility index (Phi) is 9.69. The van der Waals surface area contributed by atoms with Gasteiger partial charge in [-0.2, -0.15) is 0 Å². The van der Waals surface area contributed by atoms with Gasteiger partial charge in [0.1, 0.15) is 0 Å². The summed E-state index contributed by atoms with van der Waals surface area (Å²) < 4.78 is 25.0. The van der Waals surface area contributed by atoms with E-state index in [1.807, 2.05) is 48.5 Å². The molecule has 41 heavy (non-hydrogen) atoms. The fourth-order valence-electron chi connectivity index (χ4n) is 5.75. The van der Waals surface area contributed by atoms with Gasteiger partial charge in [0.25, 0.3) is 0 Å². The largest absolute Gasteiger partial charge is 0.481 e. The molecule has 3 saturated heterocycles. The number of aliphatic hydroxyl groups excluding tert-OH is 1. The Morgan fingerprint density at radius 2 is 1.56 bits per heavy atom. The van der Waals surface area contributed by atoms with Gasteiger partial charge in [-0.25, -0.2) is 0 Å². The number of aliphatic carboxylic acids is 1. The van der Waals surface area contributed by atoms with Gasteiger partial charge in [0, 0.05) is 56.9 Å². The molecule has 0 aliphatic carbocycles. The molecule has 3 heterocycles. The number of benzene rings is 2. The molecule has 3 fully saturated rings. The first-order chi connectivity index (χ1) is 19.8. The van der Waals surface area contributed by atoms with E-state index in [1.165, 1.54) is 0 Å². The molecule has 10 heteroatoms. The summed E-state index contributed by atoms with van der Waals surface area (Å²) in [5, 5.41) is 21.0. The van der Waals surface area contributed by atoms with Gasteiger partial charge < -0.3 is 39.4 Å². The summed E-state index contributed by atoms with van der Waals surface area (Å²) in [4.78, 5) is 25.0. The van der Waals surface area contributed by atoms with Crippen molar-refractivity contribution in [2.24, 2.45) is 5.92 Å². The third-order valence-corrected chi connectivity index (χ3v) is 8.30. The van der Waals surface area contributed by atoms with Crippen molar-refractivity contribution >= 4 is 11.9 Å². The lowest BCUT2D eigenvalue weighted by Crippen LogP contribution is -2.50. The third-order valence-electron chi connectivity index (χ3n) is 8.30. The molecular formula is C31H40N2O8. The molecule has 4 atom stereocenters. The summed E-state index contributed by atoms with van der Waals surface area (Å²) in [6.07, 6.45) is 0.597. The lowest BCUT2D eigenvalue weighted by atomic mass is 9.89. The fraction of sp³-hybridized carbons (Fsp3) is 0.548. The van der Waals surface area contributed by atoms with Crippen molar-refractivity contribution in [2.75, 3.05) is 32.8 Å². The number of carbonyl (C=O) groups excluding carboxylic acids is 1. The molecule has 2 aromatic carbocycles. The highest BCUT2D eigenvalue weighted by molar-refractivity contribution is 5.80. The first-order valence-electron chi connectivity index (χ1n) is 14.4. The van der Waals surface area contributed by atoms with Gasteiger partial charge in [0.05, 0.1) is 38.4 Å². The number of carboxylic acid groups (broad SMARTS) is 1. The Bertz CT molecular complexity index is 1160. The summed E-state index contributed by atoms with van der Waals surface area (Å²) in [5.74, 6) is -1.62. The molecule has 3 aliphatic heterocycles. The van der Waals surface area contributed by atoms with Crippen LogP contribution in [0.4, 0.5) is 0 Å². The number of ether oxygens (including phenoxy) is 4. The Balaban J connectivity index is 1.27. The molecule has 0 radical (unpaired) electrons. The topological polar surface area (TPSA) is 127 Å². The van der Waals surface area contributed by atoms with Gasteiger partial charge in [-0.15, -0.1) is 0 Å². The van der Waals surface area contributed by atoms with E-state index < -0.39 is 18.0 Å². The number of piperidine rings is 1. The zero-order valence-electron chi connectivity index (χ0n) is 23.5. The Morgan fingerprint density at radius 3 is 2.20 bits per heavy atom. The summed E-state index contributed by atoms with van der Waals surface area (Å²) in [7, 11) is 0. The minimum Gasteiger partial charge on any atom is -0.481 e. The van der Waals surface area contributed by atoms with Crippen LogP contribution < -0.4 is 5.32 Å². The second-order valence-electron chi connectivity index (χ2n) is 11.1. The maximum atomic E-state index is 11.9. The number of likely N-dealkylation sites (tertiary alicyclic amines) is 1. The number of nitrogens with one attached hydrogen (secondary N) is 1. The van der Waals surface area contributed by atoms with Crippen molar-refractivity contribution in [2.45, 2.75) is 70.0 Å². The summed E-state index contributed by atoms with van der Waals surface area (Å²) in [6.45, 7) is 6.31. The van der Waals surface area contributed by atoms with Crippen molar-refractivity contribution in [3.8, 4) is 0 Å². The summed E-state index contributed by atoms with van der Waals surface area (Å²) >= 11 is 0. The number of hydrogen-bond acceptors (Lipinski definition) is 8. The average Bonchev–Trinajstić information content (AvgIpc) is 3.45. The minimum atomic E-state index is -0.992. The predicted octanol–water partition coefficient (Wildman–Crippen LogP) is 3.29. The van der Waals surface area contributed by atoms with Crippen molar-refractivity contribution in [3.05, 3.63) is 70.8 Å². The number of nitrogens with zero attached hydrogens (tertiary/aromatic N) is 1. The monoisotopic (exact) mass is 568 g/mol. The van der Waals surface area contributed by atoms with E-state index in [9.17, 15) is 14.7 Å². The smallest absolute Gasteiger partial charge is 0.303 e. The molecule has 0 aromatic heterocycles. The zero-order valence-corrected chi connectivity index (χ0v) is 23.5. The second kappa shape index (κ2) is 13.4. The van der Waals surface area contributed by atoms with E-state index in [0.717, 1.165) is 54.7 Å². The Morgan fingerprint density at radius 1 is 0.927 bits per heavy atom. The van der Waals surface area contributed by atoms with E-state index in [4.69, 9.17) is 24.1 Å². The van der Waals surface area contributed by atoms with Crippen molar-refractivity contribution in [1.29, 1.82) is 0 Å². The van der Waals surface area contributed by atoms with Crippen molar-refractivity contribution < 1.29 is 38.7 Å². The summed E-state index contributed by atoms with van der Waals surface area (Å²) in [6, 6.07) is 15.6. The highest BCUT2D eigenvalue weighted by atomic mass is 16.7. The van der Waals surface area contributed by atoms with Crippen LogP contribution in [0.15, 0.2) is 48.5 Å².